The minimum Gasteiger partial charge on any atom is -0.380 e. The van der Waals surface area contributed by atoms with Crippen LogP contribution in [0.4, 0.5) is 0 Å². The third-order valence-corrected chi connectivity index (χ3v) is 6.64. The van der Waals surface area contributed by atoms with E-state index in [1.807, 2.05) is 36.5 Å². The van der Waals surface area contributed by atoms with Crippen LogP contribution in [0.2, 0.25) is 0 Å². The minimum absolute atomic E-state index is 0.0320. The van der Waals surface area contributed by atoms with Crippen molar-refractivity contribution >= 4 is 33.2 Å². The van der Waals surface area contributed by atoms with Crippen LogP contribution in [0.25, 0.3) is 21.3 Å². The predicted molar refractivity (Wildman–Crippen MR) is 112 cm³/mol. The number of hydrogen-bond donors (Lipinski definition) is 1. The minimum atomic E-state index is -1.14. The molecule has 2 aromatic heterocycles. The number of thiophene rings is 1. The van der Waals surface area contributed by atoms with Crippen LogP contribution in [0.3, 0.4) is 0 Å². The molecule has 29 heavy (non-hydrogen) atoms. The van der Waals surface area contributed by atoms with Crippen LogP contribution in [0.1, 0.15) is 23.2 Å². The van der Waals surface area contributed by atoms with Gasteiger partial charge in [-0.25, -0.2) is 0 Å². The molecule has 148 valence electrons. The van der Waals surface area contributed by atoms with Gasteiger partial charge in [-0.05, 0) is 42.5 Å². The van der Waals surface area contributed by atoms with Crippen LogP contribution in [0, 0.1) is 0 Å². The van der Waals surface area contributed by atoms with E-state index in [0.717, 1.165) is 16.6 Å². The van der Waals surface area contributed by atoms with Gasteiger partial charge in [-0.1, -0.05) is 12.1 Å². The zero-order chi connectivity index (χ0) is 20.0. The van der Waals surface area contributed by atoms with E-state index >= 15 is 0 Å². The molecule has 1 N–H and O–H groups in total. The van der Waals surface area contributed by atoms with E-state index in [4.69, 9.17) is 0 Å². The fourth-order valence-electron chi connectivity index (χ4n) is 3.82. The number of carbonyl (C=O) groups excluding carboxylic acids is 2. The molecule has 6 nitrogen and oxygen atoms in total. The van der Waals surface area contributed by atoms with Gasteiger partial charge in [0.2, 0.25) is 0 Å². The SMILES string of the molecule is O=C(c1ccc(-c2nccc3sccc23)cc1)N1CCN(C(=O)C2(O)CC2)CC1. The molecule has 1 aliphatic carbocycles. The number of nitrogens with zero attached hydrogens (tertiary/aromatic N) is 3. The number of amides is 2. The summed E-state index contributed by atoms with van der Waals surface area (Å²) >= 11 is 1.69. The molecule has 0 radical (unpaired) electrons. The van der Waals surface area contributed by atoms with Gasteiger partial charge in [0.25, 0.3) is 11.8 Å². The van der Waals surface area contributed by atoms with E-state index in [1.54, 1.807) is 21.1 Å². The Hall–Kier alpha value is -2.77. The van der Waals surface area contributed by atoms with Crippen LogP contribution in [0.5, 0.6) is 0 Å². The Bertz CT molecular complexity index is 1080. The van der Waals surface area contributed by atoms with Crippen molar-refractivity contribution in [3.05, 3.63) is 53.5 Å². The van der Waals surface area contributed by atoms with Gasteiger partial charge >= 0.3 is 0 Å². The largest absolute Gasteiger partial charge is 0.380 e. The summed E-state index contributed by atoms with van der Waals surface area (Å²) in [6, 6.07) is 11.6. The molecule has 3 heterocycles. The summed E-state index contributed by atoms with van der Waals surface area (Å²) in [5.41, 5.74) is 1.40. The fraction of sp³-hybridized carbons (Fsp3) is 0.318. The maximum absolute atomic E-state index is 12.9. The average molecular weight is 407 g/mol. The number of carbonyl (C=O) groups is 2. The van der Waals surface area contributed by atoms with E-state index in [2.05, 4.69) is 16.4 Å². The van der Waals surface area contributed by atoms with Gasteiger partial charge in [-0.2, -0.15) is 0 Å². The summed E-state index contributed by atoms with van der Waals surface area (Å²) in [5, 5.41) is 13.2. The summed E-state index contributed by atoms with van der Waals surface area (Å²) in [6.45, 7) is 1.90. The van der Waals surface area contributed by atoms with Crippen LogP contribution in [-0.2, 0) is 4.79 Å². The summed E-state index contributed by atoms with van der Waals surface area (Å²) < 4.78 is 1.19. The molecular weight excluding hydrogens is 386 g/mol. The molecule has 0 spiro atoms. The van der Waals surface area contributed by atoms with Crippen molar-refractivity contribution in [2.45, 2.75) is 18.4 Å². The van der Waals surface area contributed by atoms with Crippen molar-refractivity contribution in [1.82, 2.24) is 14.8 Å². The number of aliphatic hydroxyl groups is 1. The van der Waals surface area contributed by atoms with Crippen molar-refractivity contribution in [2.24, 2.45) is 0 Å². The van der Waals surface area contributed by atoms with Crippen LogP contribution < -0.4 is 0 Å². The first-order valence-electron chi connectivity index (χ1n) is 9.79. The highest BCUT2D eigenvalue weighted by Crippen LogP contribution is 2.37. The standard InChI is InChI=1S/C22H21N3O3S/c26-20(24-10-12-25(13-11-24)21(27)22(28)7-8-22)16-3-1-15(2-4-16)19-17-6-14-29-18(17)5-9-23-19/h1-6,9,14,28H,7-8,10-13H2. The van der Waals surface area contributed by atoms with E-state index in [-0.39, 0.29) is 11.8 Å². The summed E-state index contributed by atoms with van der Waals surface area (Å²) in [7, 11) is 0. The molecule has 0 atom stereocenters. The van der Waals surface area contributed by atoms with Gasteiger partial charge in [-0.15, -0.1) is 11.3 Å². The second-order valence-corrected chi connectivity index (χ2v) is 8.63. The van der Waals surface area contributed by atoms with Crippen molar-refractivity contribution in [2.75, 3.05) is 26.2 Å². The third-order valence-electron chi connectivity index (χ3n) is 5.76. The maximum Gasteiger partial charge on any atom is 0.254 e. The lowest BCUT2D eigenvalue weighted by atomic mass is 10.1. The molecule has 1 saturated heterocycles. The molecule has 5 rings (SSSR count). The van der Waals surface area contributed by atoms with Gasteiger partial charge < -0.3 is 14.9 Å². The number of hydrogen-bond acceptors (Lipinski definition) is 5. The van der Waals surface area contributed by atoms with Crippen molar-refractivity contribution in [3.63, 3.8) is 0 Å². The first-order valence-corrected chi connectivity index (χ1v) is 10.7. The number of aromatic nitrogens is 1. The van der Waals surface area contributed by atoms with Gasteiger partial charge in [-0.3, -0.25) is 14.6 Å². The van der Waals surface area contributed by atoms with Gasteiger partial charge in [0.1, 0.15) is 5.60 Å². The lowest BCUT2D eigenvalue weighted by Crippen LogP contribution is -2.53. The molecule has 2 amide bonds. The van der Waals surface area contributed by atoms with Crippen molar-refractivity contribution < 1.29 is 14.7 Å². The molecule has 0 bridgehead atoms. The molecule has 1 aliphatic heterocycles. The Morgan fingerprint density at radius 2 is 1.66 bits per heavy atom. The van der Waals surface area contributed by atoms with Gasteiger partial charge in [0.05, 0.1) is 5.69 Å². The number of benzene rings is 1. The monoisotopic (exact) mass is 407 g/mol. The third kappa shape index (κ3) is 3.30. The molecule has 0 unspecified atom stereocenters. The van der Waals surface area contributed by atoms with E-state index in [1.165, 1.54) is 4.70 Å². The number of piperazine rings is 1. The number of pyridine rings is 1. The molecule has 2 fully saturated rings. The number of rotatable bonds is 3. The second-order valence-electron chi connectivity index (χ2n) is 7.69. The topological polar surface area (TPSA) is 73.7 Å². The summed E-state index contributed by atoms with van der Waals surface area (Å²) in [5.74, 6) is -0.223. The smallest absolute Gasteiger partial charge is 0.254 e. The molecule has 3 aromatic rings. The van der Waals surface area contributed by atoms with E-state index < -0.39 is 5.60 Å². The summed E-state index contributed by atoms with van der Waals surface area (Å²) in [6.07, 6.45) is 2.91. The Balaban J connectivity index is 1.28. The quantitative estimate of drug-likeness (QED) is 0.725. The highest BCUT2D eigenvalue weighted by molar-refractivity contribution is 7.17. The normalized spacial score (nSPS) is 18.1. The Labute approximate surface area is 172 Å². The fourth-order valence-corrected chi connectivity index (χ4v) is 4.60. The van der Waals surface area contributed by atoms with Crippen LogP contribution in [-0.4, -0.2) is 63.5 Å². The van der Waals surface area contributed by atoms with Gasteiger partial charge in [0.15, 0.2) is 0 Å². The first kappa shape index (κ1) is 18.3. The predicted octanol–water partition coefficient (Wildman–Crippen LogP) is 2.77. The highest BCUT2D eigenvalue weighted by atomic mass is 32.1. The second kappa shape index (κ2) is 6.93. The maximum atomic E-state index is 12.9. The average Bonchev–Trinajstić information content (AvgIpc) is 3.33. The lowest BCUT2D eigenvalue weighted by molar-refractivity contribution is -0.143. The molecule has 2 aliphatic rings. The molecular formula is C22H21N3O3S. The van der Waals surface area contributed by atoms with Crippen LogP contribution >= 0.6 is 11.3 Å². The zero-order valence-corrected chi connectivity index (χ0v) is 16.7. The van der Waals surface area contributed by atoms with E-state index in [0.29, 0.717) is 44.6 Å². The van der Waals surface area contributed by atoms with E-state index in [9.17, 15) is 14.7 Å². The Morgan fingerprint density at radius 3 is 2.34 bits per heavy atom. The highest BCUT2D eigenvalue weighted by Gasteiger charge is 2.50. The zero-order valence-electron chi connectivity index (χ0n) is 15.9. The Kier molecular flexibility index (Phi) is 4.37. The van der Waals surface area contributed by atoms with Crippen LogP contribution in [0.15, 0.2) is 48.0 Å². The van der Waals surface area contributed by atoms with Crippen molar-refractivity contribution in [3.8, 4) is 11.3 Å². The van der Waals surface area contributed by atoms with Crippen molar-refractivity contribution in [1.29, 1.82) is 0 Å². The molecule has 1 aromatic carbocycles. The molecule has 1 saturated carbocycles. The molecule has 7 heteroatoms. The lowest BCUT2D eigenvalue weighted by Gasteiger charge is -2.35. The first-order chi connectivity index (χ1) is 14.0. The Morgan fingerprint density at radius 1 is 0.966 bits per heavy atom. The van der Waals surface area contributed by atoms with Gasteiger partial charge in [0, 0.05) is 53.6 Å². The number of fused-ring (bicyclic) bond motifs is 1. The summed E-state index contributed by atoms with van der Waals surface area (Å²) in [4.78, 5) is 33.1.